The van der Waals surface area contributed by atoms with E-state index in [9.17, 15) is 9.59 Å². The number of fused-ring (bicyclic) bond motifs is 1. The number of aryl methyl sites for hydroxylation is 1. The molecule has 0 atom stereocenters. The molecule has 0 aliphatic carbocycles. The van der Waals surface area contributed by atoms with Gasteiger partial charge in [-0.3, -0.25) is 9.59 Å². The van der Waals surface area contributed by atoms with Gasteiger partial charge in [-0.25, -0.2) is 4.98 Å². The van der Waals surface area contributed by atoms with Gasteiger partial charge in [0.1, 0.15) is 0 Å². The molecule has 2 aromatic carbocycles. The first-order valence-electron chi connectivity index (χ1n) is 9.14. The van der Waals surface area contributed by atoms with Gasteiger partial charge in [-0.05, 0) is 50.2 Å². The molecule has 140 valence electrons. The number of rotatable bonds is 7. The molecule has 0 saturated heterocycles. The Morgan fingerprint density at radius 3 is 2.41 bits per heavy atom. The van der Waals surface area contributed by atoms with Gasteiger partial charge < -0.3 is 10.2 Å². The number of hydrogen-bond acceptors (Lipinski definition) is 4. The first-order valence-corrected chi connectivity index (χ1v) is 9.96. The molecule has 0 aliphatic heterocycles. The van der Waals surface area contributed by atoms with E-state index in [-0.39, 0.29) is 11.8 Å². The maximum atomic E-state index is 12.3. The molecule has 3 rings (SSSR count). The van der Waals surface area contributed by atoms with E-state index in [2.05, 4.69) is 10.3 Å². The summed E-state index contributed by atoms with van der Waals surface area (Å²) in [4.78, 5) is 30.8. The van der Waals surface area contributed by atoms with E-state index in [0.29, 0.717) is 37.2 Å². The lowest BCUT2D eigenvalue weighted by Gasteiger charge is -2.18. The third kappa shape index (κ3) is 4.71. The highest BCUT2D eigenvalue weighted by atomic mass is 32.1. The first kappa shape index (κ1) is 19.0. The molecular formula is C21H23N3O2S. The number of hydrogen-bond donors (Lipinski definition) is 1. The molecule has 27 heavy (non-hydrogen) atoms. The summed E-state index contributed by atoms with van der Waals surface area (Å²) in [5.41, 5.74) is 2.30. The number of nitrogens with one attached hydrogen (secondary N) is 1. The molecule has 0 unspecified atom stereocenters. The van der Waals surface area contributed by atoms with E-state index in [0.717, 1.165) is 15.2 Å². The molecule has 0 fully saturated rings. The van der Waals surface area contributed by atoms with Crippen LogP contribution in [0.1, 0.15) is 35.6 Å². The van der Waals surface area contributed by atoms with Crippen molar-refractivity contribution in [3.8, 4) is 0 Å². The van der Waals surface area contributed by atoms with E-state index < -0.39 is 0 Å². The monoisotopic (exact) mass is 381 g/mol. The number of amides is 2. The Balaban J connectivity index is 1.55. The normalized spacial score (nSPS) is 10.7. The van der Waals surface area contributed by atoms with Gasteiger partial charge in [0, 0.05) is 37.2 Å². The average Bonchev–Trinajstić information content (AvgIpc) is 3.11. The molecule has 0 aliphatic rings. The van der Waals surface area contributed by atoms with Gasteiger partial charge in [0.15, 0.2) is 0 Å². The van der Waals surface area contributed by atoms with Gasteiger partial charge in [0.2, 0.25) is 5.91 Å². The number of benzene rings is 2. The Hall–Kier alpha value is -2.73. The Morgan fingerprint density at radius 1 is 1.04 bits per heavy atom. The minimum atomic E-state index is -0.0583. The van der Waals surface area contributed by atoms with Crippen molar-refractivity contribution in [1.29, 1.82) is 0 Å². The fourth-order valence-electron chi connectivity index (χ4n) is 2.86. The summed E-state index contributed by atoms with van der Waals surface area (Å²) >= 11 is 1.62. The van der Waals surface area contributed by atoms with Gasteiger partial charge in [0.25, 0.3) is 5.91 Å². The Bertz CT molecular complexity index is 897. The summed E-state index contributed by atoms with van der Waals surface area (Å²) in [5.74, 6) is -0.0502. The minimum Gasteiger partial charge on any atom is -0.339 e. The molecule has 0 saturated carbocycles. The zero-order chi connectivity index (χ0) is 19.2. The summed E-state index contributed by atoms with van der Waals surface area (Å²) in [6, 6.07) is 15.0. The molecule has 1 N–H and O–H groups in total. The number of aromatic nitrogens is 1. The van der Waals surface area contributed by atoms with Crippen molar-refractivity contribution in [2.45, 2.75) is 26.7 Å². The summed E-state index contributed by atoms with van der Waals surface area (Å²) in [5, 5.41) is 3.85. The predicted octanol–water partition coefficient (Wildman–Crippen LogP) is 4.35. The number of carbonyl (C=O) groups excluding carboxylic acids is 2. The first-order chi connectivity index (χ1) is 13.1. The van der Waals surface area contributed by atoms with E-state index >= 15 is 0 Å². The molecule has 0 bridgehead atoms. The number of carbonyl (C=O) groups is 2. The molecule has 0 radical (unpaired) electrons. The van der Waals surface area contributed by atoms with Crippen molar-refractivity contribution in [1.82, 2.24) is 9.88 Å². The van der Waals surface area contributed by atoms with E-state index in [1.807, 2.05) is 38.1 Å². The smallest absolute Gasteiger partial charge is 0.253 e. The van der Waals surface area contributed by atoms with Crippen molar-refractivity contribution in [3.05, 3.63) is 59.1 Å². The molecule has 6 heteroatoms. The predicted molar refractivity (Wildman–Crippen MR) is 110 cm³/mol. The topological polar surface area (TPSA) is 62.3 Å². The number of thiazole rings is 1. The third-order valence-electron chi connectivity index (χ3n) is 4.37. The highest BCUT2D eigenvalue weighted by Gasteiger charge is 2.12. The summed E-state index contributed by atoms with van der Waals surface area (Å²) < 4.78 is 1.14. The van der Waals surface area contributed by atoms with E-state index in [1.54, 1.807) is 40.5 Å². The van der Waals surface area contributed by atoms with Crippen LogP contribution < -0.4 is 5.32 Å². The lowest BCUT2D eigenvalue weighted by Crippen LogP contribution is -2.30. The Labute approximate surface area is 163 Å². The van der Waals surface area contributed by atoms with Gasteiger partial charge in [0.05, 0.1) is 15.2 Å². The maximum Gasteiger partial charge on any atom is 0.253 e. The molecular weight excluding hydrogens is 358 g/mol. The van der Waals surface area contributed by atoms with Gasteiger partial charge in [-0.2, -0.15) is 0 Å². The van der Waals surface area contributed by atoms with Crippen molar-refractivity contribution in [2.24, 2.45) is 0 Å². The van der Waals surface area contributed by atoms with E-state index in [4.69, 9.17) is 0 Å². The maximum absolute atomic E-state index is 12.3. The van der Waals surface area contributed by atoms with Crippen LogP contribution in [0.3, 0.4) is 0 Å². The number of nitrogens with zero attached hydrogens (tertiary/aromatic N) is 2. The van der Waals surface area contributed by atoms with Crippen LogP contribution in [0.4, 0.5) is 5.69 Å². The molecule has 0 spiro atoms. The van der Waals surface area contributed by atoms with Crippen molar-refractivity contribution in [3.63, 3.8) is 0 Å². The van der Waals surface area contributed by atoms with Gasteiger partial charge in [-0.1, -0.05) is 12.1 Å². The third-order valence-corrected chi connectivity index (χ3v) is 5.47. The molecule has 2 amide bonds. The molecule has 1 aromatic heterocycles. The molecule has 1 heterocycles. The van der Waals surface area contributed by atoms with Crippen LogP contribution in [0.5, 0.6) is 0 Å². The second-order valence-electron chi connectivity index (χ2n) is 6.18. The van der Waals surface area contributed by atoms with Crippen LogP contribution in [-0.2, 0) is 11.2 Å². The summed E-state index contributed by atoms with van der Waals surface area (Å²) in [6.45, 7) is 5.28. The van der Waals surface area contributed by atoms with Crippen LogP contribution >= 0.6 is 11.3 Å². The van der Waals surface area contributed by atoms with Crippen LogP contribution in [-0.4, -0.2) is 34.8 Å². The lowest BCUT2D eigenvalue weighted by atomic mass is 10.1. The quantitative estimate of drug-likeness (QED) is 0.662. The van der Waals surface area contributed by atoms with Crippen LogP contribution in [0.15, 0.2) is 48.5 Å². The van der Waals surface area contributed by atoms with Crippen LogP contribution in [0, 0.1) is 0 Å². The summed E-state index contributed by atoms with van der Waals surface area (Å²) in [6.07, 6.45) is 0.990. The minimum absolute atomic E-state index is 0.00807. The van der Waals surface area contributed by atoms with Gasteiger partial charge in [-0.15, -0.1) is 11.3 Å². The molecule has 5 nitrogen and oxygen atoms in total. The highest BCUT2D eigenvalue weighted by molar-refractivity contribution is 7.18. The van der Waals surface area contributed by atoms with Crippen LogP contribution in [0.2, 0.25) is 0 Å². The highest BCUT2D eigenvalue weighted by Crippen LogP contribution is 2.22. The Kier molecular flexibility index (Phi) is 6.19. The largest absolute Gasteiger partial charge is 0.339 e. The second kappa shape index (κ2) is 8.77. The zero-order valence-corrected chi connectivity index (χ0v) is 16.4. The van der Waals surface area contributed by atoms with E-state index in [1.165, 1.54) is 0 Å². The fourth-order valence-corrected chi connectivity index (χ4v) is 3.83. The summed E-state index contributed by atoms with van der Waals surface area (Å²) in [7, 11) is 0. The molecule has 3 aromatic rings. The zero-order valence-electron chi connectivity index (χ0n) is 15.6. The van der Waals surface area contributed by atoms with Crippen molar-refractivity contribution >= 4 is 39.1 Å². The second-order valence-corrected chi connectivity index (χ2v) is 7.29. The SMILES string of the molecule is CCN(CC)C(=O)c1ccc(NC(=O)CCc2nc3ccccc3s2)cc1. The van der Waals surface area contributed by atoms with Crippen molar-refractivity contribution < 1.29 is 9.59 Å². The number of para-hydroxylation sites is 1. The van der Waals surface area contributed by atoms with Crippen LogP contribution in [0.25, 0.3) is 10.2 Å². The lowest BCUT2D eigenvalue weighted by molar-refractivity contribution is -0.116. The Morgan fingerprint density at radius 2 is 1.74 bits per heavy atom. The standard InChI is InChI=1S/C21H23N3O2S/c1-3-24(4-2)21(26)15-9-11-16(12-10-15)22-19(25)13-14-20-23-17-7-5-6-8-18(17)27-20/h5-12H,3-4,13-14H2,1-2H3,(H,22,25). The fraction of sp³-hybridized carbons (Fsp3) is 0.286. The average molecular weight is 382 g/mol. The van der Waals surface area contributed by atoms with Crippen molar-refractivity contribution in [2.75, 3.05) is 18.4 Å². The number of anilines is 1. The van der Waals surface area contributed by atoms with Gasteiger partial charge >= 0.3 is 0 Å².